The number of fused-ring (bicyclic) bond motifs is 1. The van der Waals surface area contributed by atoms with Crippen molar-refractivity contribution in [2.45, 2.75) is 0 Å². The van der Waals surface area contributed by atoms with Crippen LogP contribution in [0.3, 0.4) is 0 Å². The number of rotatable bonds is 4. The number of halogens is 1. The van der Waals surface area contributed by atoms with Gasteiger partial charge >= 0.3 is 0 Å². The molecule has 0 bridgehead atoms. The first kappa shape index (κ1) is 16.5. The summed E-state index contributed by atoms with van der Waals surface area (Å²) >= 11 is 3.44. The Balaban J connectivity index is 1.78. The van der Waals surface area contributed by atoms with Crippen molar-refractivity contribution in [1.82, 2.24) is 9.97 Å². The molecule has 1 aromatic heterocycles. The summed E-state index contributed by atoms with van der Waals surface area (Å²) < 4.78 is 7.06. The Bertz CT molecular complexity index is 1080. The van der Waals surface area contributed by atoms with Gasteiger partial charge in [0.1, 0.15) is 5.76 Å². The predicted molar refractivity (Wildman–Crippen MR) is 109 cm³/mol. The molecule has 0 aliphatic rings. The minimum Gasteiger partial charge on any atom is -0.438 e. The van der Waals surface area contributed by atoms with Crippen molar-refractivity contribution >= 4 is 32.6 Å². The van der Waals surface area contributed by atoms with Gasteiger partial charge in [0, 0.05) is 15.6 Å². The summed E-state index contributed by atoms with van der Waals surface area (Å²) in [5, 5.41) is 0.852. The van der Waals surface area contributed by atoms with Crippen LogP contribution in [0.15, 0.2) is 89.9 Å². The molecule has 4 rings (SSSR count). The van der Waals surface area contributed by atoms with Gasteiger partial charge in [-0.15, -0.1) is 0 Å². The van der Waals surface area contributed by atoms with Crippen LogP contribution in [-0.4, -0.2) is 9.97 Å². The molecule has 0 amide bonds. The highest BCUT2D eigenvalue weighted by Gasteiger charge is 2.12. The molecule has 26 heavy (non-hydrogen) atoms. The third kappa shape index (κ3) is 3.37. The van der Waals surface area contributed by atoms with E-state index in [4.69, 9.17) is 4.74 Å². The number of aromatic nitrogens is 2. The lowest BCUT2D eigenvalue weighted by molar-refractivity contribution is 0.501. The van der Waals surface area contributed by atoms with Crippen molar-refractivity contribution in [2.75, 3.05) is 0 Å². The fourth-order valence-electron chi connectivity index (χ4n) is 2.65. The number of hydrogen-bond donors (Lipinski definition) is 0. The lowest BCUT2D eigenvalue weighted by Gasteiger charge is -2.12. The summed E-state index contributed by atoms with van der Waals surface area (Å²) in [6.45, 7) is 4.06. The molecule has 0 radical (unpaired) electrons. The quantitative estimate of drug-likeness (QED) is 0.386. The van der Waals surface area contributed by atoms with E-state index in [1.165, 1.54) is 0 Å². The number of ether oxygens (including phenoxy) is 1. The summed E-state index contributed by atoms with van der Waals surface area (Å²) in [5.74, 6) is 1.67. The standard InChI is InChI=1S/C22H15BrN2O/c1-15(16-11-13-18(23)14-12-16)26-22-19-9-5-6-10-20(19)24-21(25-22)17-7-3-2-4-8-17/h2-14H,1H2. The van der Waals surface area contributed by atoms with Crippen LogP contribution >= 0.6 is 15.9 Å². The molecule has 126 valence electrons. The van der Waals surface area contributed by atoms with Crippen LogP contribution in [-0.2, 0) is 0 Å². The number of para-hydroxylation sites is 1. The largest absolute Gasteiger partial charge is 0.438 e. The van der Waals surface area contributed by atoms with Crippen molar-refractivity contribution in [3.63, 3.8) is 0 Å². The fraction of sp³-hybridized carbons (Fsp3) is 0. The van der Waals surface area contributed by atoms with Crippen molar-refractivity contribution in [2.24, 2.45) is 0 Å². The van der Waals surface area contributed by atoms with Gasteiger partial charge in [0.15, 0.2) is 5.82 Å². The molecule has 3 nitrogen and oxygen atoms in total. The van der Waals surface area contributed by atoms with Gasteiger partial charge in [0.25, 0.3) is 0 Å². The third-order valence-corrected chi connectivity index (χ3v) is 4.51. The van der Waals surface area contributed by atoms with Crippen molar-refractivity contribution in [3.8, 4) is 17.3 Å². The molecule has 0 spiro atoms. The van der Waals surface area contributed by atoms with E-state index in [0.29, 0.717) is 17.5 Å². The Morgan fingerprint density at radius 3 is 2.27 bits per heavy atom. The van der Waals surface area contributed by atoms with Crippen LogP contribution in [0.1, 0.15) is 5.56 Å². The first-order valence-electron chi connectivity index (χ1n) is 8.15. The summed E-state index contributed by atoms with van der Waals surface area (Å²) in [6, 6.07) is 25.5. The minimum absolute atomic E-state index is 0.502. The van der Waals surface area contributed by atoms with E-state index < -0.39 is 0 Å². The molecule has 0 N–H and O–H groups in total. The highest BCUT2D eigenvalue weighted by Crippen LogP contribution is 2.29. The van der Waals surface area contributed by atoms with Crippen LogP contribution in [0.25, 0.3) is 28.0 Å². The molecule has 0 atom stereocenters. The van der Waals surface area contributed by atoms with E-state index in [-0.39, 0.29) is 0 Å². The maximum Gasteiger partial charge on any atom is 0.230 e. The molecule has 0 saturated carbocycles. The zero-order chi connectivity index (χ0) is 17.9. The highest BCUT2D eigenvalue weighted by atomic mass is 79.9. The van der Waals surface area contributed by atoms with Crippen molar-refractivity contribution in [1.29, 1.82) is 0 Å². The number of nitrogens with zero attached hydrogens (tertiary/aromatic N) is 2. The van der Waals surface area contributed by atoms with Crippen molar-refractivity contribution < 1.29 is 4.74 Å². The van der Waals surface area contributed by atoms with Gasteiger partial charge in [-0.2, -0.15) is 4.98 Å². The Hall–Kier alpha value is -2.98. The maximum atomic E-state index is 6.05. The second-order valence-electron chi connectivity index (χ2n) is 5.77. The molecule has 0 fully saturated rings. The van der Waals surface area contributed by atoms with Gasteiger partial charge in [-0.05, 0) is 24.3 Å². The first-order chi connectivity index (χ1) is 12.7. The van der Waals surface area contributed by atoms with E-state index in [1.807, 2.05) is 78.9 Å². The lowest BCUT2D eigenvalue weighted by atomic mass is 10.2. The monoisotopic (exact) mass is 402 g/mol. The Kier molecular flexibility index (Phi) is 4.50. The zero-order valence-electron chi connectivity index (χ0n) is 13.9. The summed E-state index contributed by atoms with van der Waals surface area (Å²) in [4.78, 5) is 9.32. The van der Waals surface area contributed by atoms with Crippen LogP contribution < -0.4 is 4.74 Å². The molecule has 0 aliphatic heterocycles. The molecule has 4 aromatic rings. The van der Waals surface area contributed by atoms with Gasteiger partial charge in [0.2, 0.25) is 5.88 Å². The molecule has 0 unspecified atom stereocenters. The third-order valence-electron chi connectivity index (χ3n) is 3.99. The number of benzene rings is 3. The Morgan fingerprint density at radius 2 is 1.50 bits per heavy atom. The molecular weight excluding hydrogens is 388 g/mol. The molecular formula is C22H15BrN2O. The highest BCUT2D eigenvalue weighted by molar-refractivity contribution is 9.10. The Labute approximate surface area is 160 Å². The van der Waals surface area contributed by atoms with Gasteiger partial charge in [-0.3, -0.25) is 0 Å². The molecule has 3 aromatic carbocycles. The first-order valence-corrected chi connectivity index (χ1v) is 8.95. The SMILES string of the molecule is C=C(Oc1nc(-c2ccccc2)nc2ccccc12)c1ccc(Br)cc1. The van der Waals surface area contributed by atoms with Crippen LogP contribution in [0.5, 0.6) is 5.88 Å². The average molecular weight is 403 g/mol. The summed E-state index contributed by atoms with van der Waals surface area (Å²) in [5.41, 5.74) is 2.68. The lowest BCUT2D eigenvalue weighted by Crippen LogP contribution is -1.99. The van der Waals surface area contributed by atoms with Crippen LogP contribution in [0.2, 0.25) is 0 Å². The molecule has 0 saturated heterocycles. The zero-order valence-corrected chi connectivity index (χ0v) is 15.5. The second kappa shape index (κ2) is 7.10. The van der Waals surface area contributed by atoms with E-state index >= 15 is 0 Å². The molecule has 0 aliphatic carbocycles. The molecule has 4 heteroatoms. The average Bonchev–Trinajstić information content (AvgIpc) is 2.69. The van der Waals surface area contributed by atoms with E-state index in [9.17, 15) is 0 Å². The van der Waals surface area contributed by atoms with Gasteiger partial charge in [-0.25, -0.2) is 4.98 Å². The predicted octanol–water partition coefficient (Wildman–Crippen LogP) is 6.11. The topological polar surface area (TPSA) is 35.0 Å². The van der Waals surface area contributed by atoms with E-state index in [0.717, 1.165) is 26.5 Å². The number of hydrogen-bond acceptors (Lipinski definition) is 3. The van der Waals surface area contributed by atoms with Crippen LogP contribution in [0.4, 0.5) is 0 Å². The van der Waals surface area contributed by atoms with Crippen LogP contribution in [0, 0.1) is 0 Å². The van der Waals surface area contributed by atoms with Gasteiger partial charge in [-0.1, -0.05) is 77.1 Å². The summed E-state index contributed by atoms with van der Waals surface area (Å²) in [6.07, 6.45) is 0. The summed E-state index contributed by atoms with van der Waals surface area (Å²) in [7, 11) is 0. The molecule has 1 heterocycles. The fourth-order valence-corrected chi connectivity index (χ4v) is 2.92. The van der Waals surface area contributed by atoms with E-state index in [2.05, 4.69) is 32.5 Å². The normalized spacial score (nSPS) is 10.7. The van der Waals surface area contributed by atoms with Gasteiger partial charge in [0.05, 0.1) is 10.9 Å². The second-order valence-corrected chi connectivity index (χ2v) is 6.68. The minimum atomic E-state index is 0.502. The maximum absolute atomic E-state index is 6.05. The van der Waals surface area contributed by atoms with Gasteiger partial charge < -0.3 is 4.74 Å². The Morgan fingerprint density at radius 1 is 0.808 bits per heavy atom. The van der Waals surface area contributed by atoms with Crippen molar-refractivity contribution in [3.05, 3.63) is 95.5 Å². The smallest absolute Gasteiger partial charge is 0.230 e. The van der Waals surface area contributed by atoms with E-state index in [1.54, 1.807) is 0 Å².